The number of hydrogen-bond acceptors (Lipinski definition) is 4. The zero-order valence-electron chi connectivity index (χ0n) is 14.0. The Morgan fingerprint density at radius 1 is 0.800 bits per heavy atom. The molecule has 120 valence electrons. The van der Waals surface area contributed by atoms with Gasteiger partial charge in [-0.15, -0.1) is 0 Å². The van der Waals surface area contributed by atoms with Crippen molar-refractivity contribution in [2.75, 3.05) is 0 Å². The van der Waals surface area contributed by atoms with E-state index in [9.17, 15) is 9.59 Å². The summed E-state index contributed by atoms with van der Waals surface area (Å²) in [7, 11) is 0. The van der Waals surface area contributed by atoms with E-state index in [1.807, 2.05) is 13.8 Å². The zero-order valence-corrected chi connectivity index (χ0v) is 19.5. The minimum atomic E-state index is -2.00. The second-order valence-electron chi connectivity index (χ2n) is 4.93. The quantitative estimate of drug-likeness (QED) is 0.446. The summed E-state index contributed by atoms with van der Waals surface area (Å²) in [6.07, 6.45) is 6.98. The van der Waals surface area contributed by atoms with E-state index < -0.39 is 35.8 Å². The van der Waals surface area contributed by atoms with Gasteiger partial charge >= 0.3 is 158 Å². The van der Waals surface area contributed by atoms with E-state index in [4.69, 9.17) is 8.83 Å². The molecule has 0 bridgehead atoms. The average Bonchev–Trinajstić information content (AvgIpc) is 2.59. The van der Waals surface area contributed by atoms with E-state index in [1.165, 1.54) is 12.1 Å². The molecule has 0 N–H and O–H groups in total. The van der Waals surface area contributed by atoms with Crippen molar-refractivity contribution in [3.63, 3.8) is 0 Å². The van der Waals surface area contributed by atoms with Gasteiger partial charge in [0.15, 0.2) is 0 Å². The molecule has 5 heteroatoms. The van der Waals surface area contributed by atoms with E-state index in [0.29, 0.717) is 11.5 Å². The predicted octanol–water partition coefficient (Wildman–Crippen LogP) is 1.48. The van der Waals surface area contributed by atoms with E-state index in [1.54, 1.807) is 36.4 Å². The first kappa shape index (κ1) is 18.8. The molecule has 0 saturated heterocycles. The molecule has 0 fully saturated rings. The van der Waals surface area contributed by atoms with Crippen molar-refractivity contribution in [3.8, 4) is 23.7 Å². The van der Waals surface area contributed by atoms with E-state index >= 15 is 0 Å². The Labute approximate surface area is 157 Å². The first-order valence-electron chi connectivity index (χ1n) is 7.65. The summed E-state index contributed by atoms with van der Waals surface area (Å²) in [5.74, 6) is 12.2. The Bertz CT molecular complexity index is 962. The van der Waals surface area contributed by atoms with Gasteiger partial charge in [-0.05, 0) is 0 Å². The van der Waals surface area contributed by atoms with Crippen molar-refractivity contribution in [1.29, 1.82) is 0 Å². The second-order valence-corrected chi connectivity index (χ2v) is 12.2. The van der Waals surface area contributed by atoms with Crippen molar-refractivity contribution in [2.24, 2.45) is 0 Å². The molecule has 0 radical (unpaired) electrons. The van der Waals surface area contributed by atoms with Crippen LogP contribution in [0.5, 0.6) is 0 Å². The summed E-state index contributed by atoms with van der Waals surface area (Å²) in [4.78, 5) is 23.0. The van der Waals surface area contributed by atoms with Gasteiger partial charge in [-0.2, -0.15) is 0 Å². The molecule has 4 nitrogen and oxygen atoms in total. The van der Waals surface area contributed by atoms with Crippen molar-refractivity contribution in [3.05, 3.63) is 80.9 Å². The van der Waals surface area contributed by atoms with Crippen LogP contribution in [0, 0.1) is 23.7 Å². The van der Waals surface area contributed by atoms with Gasteiger partial charge in [-0.3, -0.25) is 0 Å². The third-order valence-electron chi connectivity index (χ3n) is 3.08. The Kier molecular flexibility index (Phi) is 7.25. The topological polar surface area (TPSA) is 60.4 Å². The molecule has 2 heterocycles. The van der Waals surface area contributed by atoms with Crippen LogP contribution in [-0.4, -0.2) is 0 Å². The first-order chi connectivity index (χ1) is 12.1. The fraction of sp³-hybridized carbons (Fsp3) is 0.100. The van der Waals surface area contributed by atoms with Gasteiger partial charge in [0, 0.05) is 0 Å². The van der Waals surface area contributed by atoms with Crippen LogP contribution in [0.3, 0.4) is 0 Å². The van der Waals surface area contributed by atoms with Gasteiger partial charge in [0.2, 0.25) is 0 Å². The molecule has 0 amide bonds. The maximum absolute atomic E-state index is 11.5. The molecule has 0 saturated carbocycles. The van der Waals surface area contributed by atoms with Crippen LogP contribution >= 0.6 is 0 Å². The molecule has 2 aromatic heterocycles. The Hall–Kier alpha value is -2.56. The van der Waals surface area contributed by atoms with E-state index in [2.05, 4.69) is 23.7 Å². The molecule has 0 atom stereocenters. The Balaban J connectivity index is 2.48. The molecule has 0 aromatic carbocycles. The zero-order chi connectivity index (χ0) is 18.1. The minimum absolute atomic E-state index is 0.380. The second kappa shape index (κ2) is 9.66. The molecule has 0 aliphatic rings. The van der Waals surface area contributed by atoms with Crippen molar-refractivity contribution in [1.82, 2.24) is 0 Å². The summed E-state index contributed by atoms with van der Waals surface area (Å²) in [6.45, 7) is 3.72. The maximum atomic E-state index is 11.5. The normalized spacial score (nSPS) is 10.0. The standard InChI is InChI=1S/2C10H7O2.Hg/c2*1-2-3-4-6-9-7-5-8-10(11)12-9;/h2*2-3,5,8H,1H3;. The van der Waals surface area contributed by atoms with Crippen LogP contribution in [0.4, 0.5) is 0 Å². The molecule has 0 aliphatic heterocycles. The molecular weight excluding hydrogens is 505 g/mol. The van der Waals surface area contributed by atoms with E-state index in [0.717, 1.165) is 6.14 Å². The fourth-order valence-electron chi connectivity index (χ4n) is 1.97. The molecule has 2 rings (SSSR count). The van der Waals surface area contributed by atoms with Gasteiger partial charge < -0.3 is 0 Å². The molecular formula is C20H14HgO4. The summed E-state index contributed by atoms with van der Waals surface area (Å²) in [6, 6.07) is 6.28. The van der Waals surface area contributed by atoms with Crippen LogP contribution in [-0.2, 0) is 24.6 Å². The first-order valence-corrected chi connectivity index (χ1v) is 13.1. The van der Waals surface area contributed by atoms with Crippen molar-refractivity contribution >= 4 is 6.14 Å². The van der Waals surface area contributed by atoms with Crippen LogP contribution in [0.2, 0.25) is 0 Å². The van der Waals surface area contributed by atoms with Gasteiger partial charge in [0.25, 0.3) is 0 Å². The van der Waals surface area contributed by atoms with E-state index in [-0.39, 0.29) is 0 Å². The summed E-state index contributed by atoms with van der Waals surface area (Å²) >= 11 is -2.00. The molecule has 0 unspecified atom stereocenters. The third kappa shape index (κ3) is 5.78. The van der Waals surface area contributed by atoms with Crippen molar-refractivity contribution in [2.45, 2.75) is 13.8 Å². The van der Waals surface area contributed by atoms with Gasteiger partial charge in [-0.1, -0.05) is 0 Å². The average molecular weight is 519 g/mol. The SMILES string of the molecule is CC=CC#Cc1oc(=O)cc[c]1[Hg][c]1ccc(=O)oc1C#CC=CC. The monoisotopic (exact) mass is 520 g/mol. The molecule has 0 aliphatic carbocycles. The van der Waals surface area contributed by atoms with Crippen LogP contribution in [0.25, 0.3) is 0 Å². The van der Waals surface area contributed by atoms with Gasteiger partial charge in [0.1, 0.15) is 0 Å². The third-order valence-corrected chi connectivity index (χ3v) is 10.4. The van der Waals surface area contributed by atoms with Crippen LogP contribution < -0.4 is 17.4 Å². The Morgan fingerprint density at radius 2 is 1.24 bits per heavy atom. The Morgan fingerprint density at radius 3 is 1.64 bits per heavy atom. The van der Waals surface area contributed by atoms with Crippen LogP contribution in [0.1, 0.15) is 25.4 Å². The number of allylic oxidation sites excluding steroid dienone is 4. The predicted molar refractivity (Wildman–Crippen MR) is 92.6 cm³/mol. The fourth-order valence-corrected chi connectivity index (χ4v) is 7.89. The van der Waals surface area contributed by atoms with Crippen molar-refractivity contribution < 1.29 is 33.4 Å². The number of rotatable bonds is 2. The summed E-state index contributed by atoms with van der Waals surface area (Å²) in [5, 5.41) is 0. The summed E-state index contributed by atoms with van der Waals surface area (Å²) in [5.41, 5.74) is -0.871. The van der Waals surface area contributed by atoms with Crippen LogP contribution in [0.15, 0.2) is 67.0 Å². The van der Waals surface area contributed by atoms with Gasteiger partial charge in [0.05, 0.1) is 0 Å². The molecule has 25 heavy (non-hydrogen) atoms. The number of hydrogen-bond donors (Lipinski definition) is 0. The van der Waals surface area contributed by atoms with Gasteiger partial charge in [-0.25, -0.2) is 0 Å². The molecule has 2 aromatic rings. The summed E-state index contributed by atoms with van der Waals surface area (Å²) < 4.78 is 12.3. The molecule has 0 spiro atoms.